The number of sulfonamides is 1. The fourth-order valence-electron chi connectivity index (χ4n) is 2.32. The lowest BCUT2D eigenvalue weighted by molar-refractivity contribution is 0.402. The van der Waals surface area contributed by atoms with Crippen molar-refractivity contribution in [2.24, 2.45) is 0 Å². The van der Waals surface area contributed by atoms with E-state index in [0.29, 0.717) is 11.4 Å². The van der Waals surface area contributed by atoms with Gasteiger partial charge in [0.2, 0.25) is 10.0 Å². The number of pyridine rings is 1. The van der Waals surface area contributed by atoms with Gasteiger partial charge in [0.15, 0.2) is 0 Å². The summed E-state index contributed by atoms with van der Waals surface area (Å²) >= 11 is 0. The number of benzene rings is 1. The summed E-state index contributed by atoms with van der Waals surface area (Å²) in [4.78, 5) is 0.128. The molecule has 3 rings (SSSR count). The topological polar surface area (TPSA) is 72.7 Å². The van der Waals surface area contributed by atoms with Gasteiger partial charge in [0, 0.05) is 6.20 Å². The van der Waals surface area contributed by atoms with Crippen LogP contribution in [0.4, 0.5) is 0 Å². The third kappa shape index (κ3) is 3.20. The summed E-state index contributed by atoms with van der Waals surface area (Å²) in [5, 5.41) is 4.33. The normalized spacial score (nSPS) is 11.7. The molecule has 0 spiro atoms. The maximum atomic E-state index is 12.5. The molecule has 0 saturated heterocycles. The van der Waals surface area contributed by atoms with E-state index in [1.807, 2.05) is 37.4 Å². The van der Waals surface area contributed by atoms with Crippen LogP contribution >= 0.6 is 0 Å². The molecule has 0 bridgehead atoms. The number of fused-ring (bicyclic) bond motifs is 1. The smallest absolute Gasteiger partial charge is 0.244 e. The molecule has 6 nitrogen and oxygen atoms in total. The Hall–Kier alpha value is -2.38. The summed E-state index contributed by atoms with van der Waals surface area (Å²) < 4.78 is 34.5. The van der Waals surface area contributed by atoms with Crippen molar-refractivity contribution in [1.82, 2.24) is 14.3 Å². The van der Waals surface area contributed by atoms with Gasteiger partial charge in [0.05, 0.1) is 24.9 Å². The second-order valence-electron chi connectivity index (χ2n) is 5.18. The maximum absolute atomic E-state index is 12.5. The Morgan fingerprint density at radius 3 is 2.78 bits per heavy atom. The minimum atomic E-state index is -3.69. The Morgan fingerprint density at radius 2 is 2.04 bits per heavy atom. The summed E-state index contributed by atoms with van der Waals surface area (Å²) in [5.74, 6) is 0.318. The zero-order valence-corrected chi connectivity index (χ0v) is 13.7. The summed E-state index contributed by atoms with van der Waals surface area (Å²) in [7, 11) is -2.24. The molecule has 0 amide bonds. The van der Waals surface area contributed by atoms with E-state index >= 15 is 0 Å². The summed E-state index contributed by atoms with van der Waals surface area (Å²) in [6.07, 6.45) is 1.82. The quantitative estimate of drug-likeness (QED) is 0.777. The van der Waals surface area contributed by atoms with E-state index in [0.717, 1.165) is 11.1 Å². The Balaban J connectivity index is 1.85. The van der Waals surface area contributed by atoms with E-state index < -0.39 is 10.0 Å². The van der Waals surface area contributed by atoms with Crippen LogP contribution in [0, 0.1) is 6.92 Å². The Bertz CT molecular complexity index is 915. The van der Waals surface area contributed by atoms with Gasteiger partial charge in [-0.25, -0.2) is 17.7 Å². The van der Waals surface area contributed by atoms with E-state index in [1.165, 1.54) is 7.11 Å². The first-order valence-corrected chi connectivity index (χ1v) is 8.55. The molecule has 120 valence electrons. The molecule has 23 heavy (non-hydrogen) atoms. The molecule has 0 saturated carbocycles. The molecule has 7 heteroatoms. The minimum absolute atomic E-state index is 0.112. The van der Waals surface area contributed by atoms with Crippen molar-refractivity contribution >= 4 is 15.5 Å². The number of aryl methyl sites for hydroxylation is 1. The molecule has 1 aromatic carbocycles. The van der Waals surface area contributed by atoms with Gasteiger partial charge in [0.25, 0.3) is 0 Å². The molecule has 0 aliphatic heterocycles. The maximum Gasteiger partial charge on any atom is 0.244 e. The van der Waals surface area contributed by atoms with E-state index in [2.05, 4.69) is 9.82 Å². The van der Waals surface area contributed by atoms with Crippen molar-refractivity contribution in [3.63, 3.8) is 0 Å². The number of aromatic nitrogens is 2. The van der Waals surface area contributed by atoms with E-state index in [4.69, 9.17) is 4.74 Å². The van der Waals surface area contributed by atoms with E-state index in [9.17, 15) is 8.42 Å². The van der Waals surface area contributed by atoms with Crippen LogP contribution in [0.2, 0.25) is 0 Å². The van der Waals surface area contributed by atoms with Gasteiger partial charge in [0.1, 0.15) is 10.6 Å². The lowest BCUT2D eigenvalue weighted by Gasteiger charge is -2.10. The van der Waals surface area contributed by atoms with Crippen molar-refractivity contribution in [2.75, 3.05) is 7.11 Å². The van der Waals surface area contributed by atoms with Crippen molar-refractivity contribution in [3.8, 4) is 5.75 Å². The lowest BCUT2D eigenvalue weighted by Crippen LogP contribution is -2.24. The average Bonchev–Trinajstić information content (AvgIpc) is 2.96. The molecule has 0 aliphatic carbocycles. The second-order valence-corrected chi connectivity index (χ2v) is 6.92. The van der Waals surface area contributed by atoms with Gasteiger partial charge in [-0.1, -0.05) is 12.1 Å². The van der Waals surface area contributed by atoms with Gasteiger partial charge in [-0.2, -0.15) is 5.10 Å². The lowest BCUT2D eigenvalue weighted by atomic mass is 10.2. The molecule has 2 heterocycles. The number of ether oxygens (including phenoxy) is 1. The molecule has 0 unspecified atom stereocenters. The van der Waals surface area contributed by atoms with Gasteiger partial charge < -0.3 is 4.74 Å². The van der Waals surface area contributed by atoms with Crippen LogP contribution in [0.25, 0.3) is 5.52 Å². The molecule has 0 fully saturated rings. The molecule has 2 aromatic heterocycles. The summed E-state index contributed by atoms with van der Waals surface area (Å²) in [6.45, 7) is 1.95. The third-order valence-corrected chi connectivity index (χ3v) is 4.89. The van der Waals surface area contributed by atoms with Gasteiger partial charge in [-0.05, 0) is 42.8 Å². The number of methoxy groups -OCH3 is 1. The first-order valence-electron chi connectivity index (χ1n) is 7.07. The van der Waals surface area contributed by atoms with Crippen LogP contribution in [0.15, 0.2) is 53.6 Å². The first kappa shape index (κ1) is 15.5. The summed E-state index contributed by atoms with van der Waals surface area (Å²) in [5.41, 5.74) is 2.40. The van der Waals surface area contributed by atoms with Gasteiger partial charge in [-0.3, -0.25) is 0 Å². The number of hydrogen-bond acceptors (Lipinski definition) is 4. The van der Waals surface area contributed by atoms with Crippen LogP contribution in [0.5, 0.6) is 5.75 Å². The molecule has 0 radical (unpaired) electrons. The number of nitrogens with one attached hydrogen (secondary N) is 1. The van der Waals surface area contributed by atoms with Crippen molar-refractivity contribution in [2.45, 2.75) is 18.4 Å². The van der Waals surface area contributed by atoms with E-state index in [-0.39, 0.29) is 11.4 Å². The van der Waals surface area contributed by atoms with Crippen LogP contribution in [0.1, 0.15) is 11.3 Å². The minimum Gasteiger partial charge on any atom is -0.495 e. The highest BCUT2D eigenvalue weighted by Gasteiger charge is 2.19. The van der Waals surface area contributed by atoms with Crippen LogP contribution in [-0.4, -0.2) is 25.1 Å². The summed E-state index contributed by atoms with van der Waals surface area (Å²) in [6, 6.07) is 12.6. The molecule has 3 aromatic rings. The second kappa shape index (κ2) is 6.02. The fraction of sp³-hybridized carbons (Fsp3) is 0.188. The molecule has 0 atom stereocenters. The van der Waals surface area contributed by atoms with Crippen molar-refractivity contribution < 1.29 is 13.2 Å². The highest BCUT2D eigenvalue weighted by Crippen LogP contribution is 2.24. The van der Waals surface area contributed by atoms with Gasteiger partial charge in [-0.15, -0.1) is 0 Å². The van der Waals surface area contributed by atoms with E-state index in [1.54, 1.807) is 22.7 Å². The third-order valence-electron chi connectivity index (χ3n) is 3.47. The molecular weight excluding hydrogens is 314 g/mol. The molecular formula is C16H17N3O3S. The standard InChI is InChI=1S/C16H17N3O3S/c1-12-6-7-15(22-2)16(9-12)23(20,21)17-11-13-10-14-5-3-4-8-19(14)18-13/h3-10,17H,11H2,1-2H3. The predicted molar refractivity (Wildman–Crippen MR) is 86.9 cm³/mol. The SMILES string of the molecule is COc1ccc(C)cc1S(=O)(=O)NCc1cc2ccccn2n1. The monoisotopic (exact) mass is 331 g/mol. The highest BCUT2D eigenvalue weighted by molar-refractivity contribution is 7.89. The zero-order valence-electron chi connectivity index (χ0n) is 12.9. The number of rotatable bonds is 5. The largest absolute Gasteiger partial charge is 0.495 e. The Labute approximate surface area is 134 Å². The molecule has 1 N–H and O–H groups in total. The Kier molecular flexibility index (Phi) is 4.06. The highest BCUT2D eigenvalue weighted by atomic mass is 32.2. The first-order chi connectivity index (χ1) is 11.0. The number of hydrogen-bond donors (Lipinski definition) is 1. The molecule has 0 aliphatic rings. The zero-order chi connectivity index (χ0) is 16.4. The van der Waals surface area contributed by atoms with Crippen molar-refractivity contribution in [1.29, 1.82) is 0 Å². The average molecular weight is 331 g/mol. The number of nitrogens with zero attached hydrogens (tertiary/aromatic N) is 2. The van der Waals surface area contributed by atoms with Crippen LogP contribution < -0.4 is 9.46 Å². The predicted octanol–water partition coefficient (Wildman–Crippen LogP) is 2.13. The van der Waals surface area contributed by atoms with Crippen LogP contribution in [0.3, 0.4) is 0 Å². The van der Waals surface area contributed by atoms with Crippen LogP contribution in [-0.2, 0) is 16.6 Å². The van der Waals surface area contributed by atoms with Gasteiger partial charge >= 0.3 is 0 Å². The fourth-order valence-corrected chi connectivity index (χ4v) is 3.57. The Morgan fingerprint density at radius 1 is 1.22 bits per heavy atom. The van der Waals surface area contributed by atoms with Crippen molar-refractivity contribution in [3.05, 3.63) is 59.9 Å².